The fourth-order valence-corrected chi connectivity index (χ4v) is 3.97. The summed E-state index contributed by atoms with van der Waals surface area (Å²) in [5, 5.41) is 3.03. The van der Waals surface area contributed by atoms with Crippen molar-refractivity contribution in [3.63, 3.8) is 0 Å². The first-order valence-electron chi connectivity index (χ1n) is 8.17. The van der Waals surface area contributed by atoms with E-state index in [0.717, 1.165) is 41.2 Å². The van der Waals surface area contributed by atoms with E-state index in [9.17, 15) is 4.79 Å². The Bertz CT molecular complexity index is 875. The number of benzene rings is 2. The van der Waals surface area contributed by atoms with Crippen LogP contribution in [0.5, 0.6) is 11.5 Å². The third-order valence-corrected chi connectivity index (χ3v) is 5.03. The number of para-hydroxylation sites is 1. The quantitative estimate of drug-likeness (QED) is 0.877. The summed E-state index contributed by atoms with van der Waals surface area (Å²) in [5.74, 6) is 1.62. The number of nitrogens with one attached hydrogen (secondary N) is 1. The number of fused-ring (bicyclic) bond motifs is 4. The lowest BCUT2D eigenvalue weighted by Gasteiger charge is -2.36. The number of amides is 2. The minimum atomic E-state index is -0.292. The zero-order chi connectivity index (χ0) is 16.1. The second-order valence-corrected chi connectivity index (χ2v) is 6.31. The number of aliphatic imine (C=N–C) groups is 1. The van der Waals surface area contributed by atoms with Gasteiger partial charge < -0.3 is 14.8 Å². The molecule has 2 aromatic rings. The second-order valence-electron chi connectivity index (χ2n) is 6.31. The molecule has 1 aliphatic carbocycles. The lowest BCUT2D eigenvalue weighted by atomic mass is 9.75. The van der Waals surface area contributed by atoms with Gasteiger partial charge in [-0.1, -0.05) is 36.4 Å². The molecule has 120 valence electrons. The molecule has 0 saturated carbocycles. The maximum absolute atomic E-state index is 12.2. The van der Waals surface area contributed by atoms with E-state index in [-0.39, 0.29) is 24.8 Å². The van der Waals surface area contributed by atoms with Gasteiger partial charge in [0.25, 0.3) is 0 Å². The number of carbonyl (C=O) groups excluding carboxylic acids is 1. The van der Waals surface area contributed by atoms with Crippen molar-refractivity contribution in [3.8, 4) is 11.5 Å². The number of nitrogens with zero attached hydrogens (tertiary/aromatic N) is 1. The molecule has 3 aliphatic rings. The van der Waals surface area contributed by atoms with E-state index in [1.165, 1.54) is 5.56 Å². The summed E-state index contributed by atoms with van der Waals surface area (Å²) in [6, 6.07) is 13.6. The molecule has 2 atom stereocenters. The van der Waals surface area contributed by atoms with E-state index in [2.05, 4.69) is 22.4 Å². The van der Waals surface area contributed by atoms with Gasteiger partial charge in [-0.25, -0.2) is 4.79 Å². The largest absolute Gasteiger partial charge is 0.454 e. The Labute approximate surface area is 139 Å². The number of hydrogen-bond donors (Lipinski definition) is 1. The zero-order valence-corrected chi connectivity index (χ0v) is 13.0. The third-order valence-electron chi connectivity index (χ3n) is 5.03. The summed E-state index contributed by atoms with van der Waals surface area (Å²) in [6.07, 6.45) is 1.93. The monoisotopic (exact) mass is 320 g/mol. The first-order valence-corrected chi connectivity index (χ1v) is 8.17. The highest BCUT2D eigenvalue weighted by molar-refractivity contribution is 6.11. The Morgan fingerprint density at radius 2 is 2.00 bits per heavy atom. The van der Waals surface area contributed by atoms with Crippen LogP contribution in [0.4, 0.5) is 4.79 Å². The van der Waals surface area contributed by atoms with E-state index in [1.54, 1.807) is 0 Å². The van der Waals surface area contributed by atoms with Gasteiger partial charge in [0.1, 0.15) is 0 Å². The number of hydrogen-bond acceptors (Lipinski definition) is 3. The number of rotatable bonds is 1. The summed E-state index contributed by atoms with van der Waals surface area (Å²) >= 11 is 0. The Hall–Kier alpha value is -2.82. The van der Waals surface area contributed by atoms with Crippen LogP contribution in [0.25, 0.3) is 0 Å². The molecule has 2 heterocycles. The Kier molecular flexibility index (Phi) is 2.89. The molecule has 0 spiro atoms. The van der Waals surface area contributed by atoms with E-state index in [4.69, 9.17) is 9.47 Å². The first-order chi connectivity index (χ1) is 11.8. The molecule has 0 bridgehead atoms. The highest BCUT2D eigenvalue weighted by Crippen LogP contribution is 2.44. The SMILES string of the molecule is O=C1N=C2c3ccccc3CCC2C(c2cccc3c2OCO3)N1. The minimum Gasteiger partial charge on any atom is -0.454 e. The highest BCUT2D eigenvalue weighted by Gasteiger charge is 2.39. The maximum Gasteiger partial charge on any atom is 0.341 e. The average molecular weight is 320 g/mol. The lowest BCUT2D eigenvalue weighted by molar-refractivity contribution is 0.172. The lowest BCUT2D eigenvalue weighted by Crippen LogP contribution is -2.43. The van der Waals surface area contributed by atoms with Crippen LogP contribution in [0, 0.1) is 5.92 Å². The molecule has 2 aliphatic heterocycles. The molecule has 24 heavy (non-hydrogen) atoms. The summed E-state index contributed by atoms with van der Waals surface area (Å²) in [5.41, 5.74) is 4.22. The van der Waals surface area contributed by atoms with E-state index in [1.807, 2.05) is 30.3 Å². The summed E-state index contributed by atoms with van der Waals surface area (Å²) < 4.78 is 11.1. The molecular weight excluding hydrogens is 304 g/mol. The van der Waals surface area contributed by atoms with Crippen molar-refractivity contribution < 1.29 is 14.3 Å². The van der Waals surface area contributed by atoms with E-state index < -0.39 is 0 Å². The van der Waals surface area contributed by atoms with Gasteiger partial charge in [-0.15, -0.1) is 0 Å². The van der Waals surface area contributed by atoms with Crippen molar-refractivity contribution >= 4 is 11.7 Å². The van der Waals surface area contributed by atoms with Crippen LogP contribution in [-0.4, -0.2) is 18.5 Å². The summed E-state index contributed by atoms with van der Waals surface area (Å²) in [6.45, 7) is 0.224. The molecule has 2 amide bonds. The third kappa shape index (κ3) is 1.94. The predicted octanol–water partition coefficient (Wildman–Crippen LogP) is 3.23. The van der Waals surface area contributed by atoms with Crippen LogP contribution in [0.3, 0.4) is 0 Å². The van der Waals surface area contributed by atoms with Crippen molar-refractivity contribution in [1.29, 1.82) is 0 Å². The summed E-state index contributed by atoms with van der Waals surface area (Å²) in [7, 11) is 0. The maximum atomic E-state index is 12.2. The number of aryl methyl sites for hydroxylation is 1. The number of ether oxygens (including phenoxy) is 2. The van der Waals surface area contributed by atoms with Gasteiger partial charge in [-0.2, -0.15) is 4.99 Å². The van der Waals surface area contributed by atoms with Gasteiger partial charge in [0.2, 0.25) is 6.79 Å². The fourth-order valence-electron chi connectivity index (χ4n) is 3.97. The van der Waals surface area contributed by atoms with Crippen LogP contribution in [0.2, 0.25) is 0 Å². The molecule has 0 fully saturated rings. The Balaban J connectivity index is 1.62. The molecule has 0 aromatic heterocycles. The fraction of sp³-hybridized carbons (Fsp3) is 0.263. The molecule has 2 aromatic carbocycles. The highest BCUT2D eigenvalue weighted by atomic mass is 16.7. The van der Waals surface area contributed by atoms with Crippen LogP contribution >= 0.6 is 0 Å². The molecule has 0 saturated heterocycles. The van der Waals surface area contributed by atoms with Gasteiger partial charge in [0.05, 0.1) is 11.8 Å². The van der Waals surface area contributed by atoms with Crippen molar-refractivity contribution in [2.45, 2.75) is 18.9 Å². The second kappa shape index (κ2) is 5.09. The van der Waals surface area contributed by atoms with E-state index in [0.29, 0.717) is 0 Å². The van der Waals surface area contributed by atoms with Crippen molar-refractivity contribution in [2.24, 2.45) is 10.9 Å². The predicted molar refractivity (Wildman–Crippen MR) is 88.6 cm³/mol. The molecule has 0 radical (unpaired) electrons. The van der Waals surface area contributed by atoms with Gasteiger partial charge in [-0.3, -0.25) is 0 Å². The van der Waals surface area contributed by atoms with Crippen molar-refractivity contribution in [2.75, 3.05) is 6.79 Å². The minimum absolute atomic E-state index is 0.144. The van der Waals surface area contributed by atoms with Crippen LogP contribution in [0.1, 0.15) is 29.2 Å². The first kappa shape index (κ1) is 13.6. The van der Waals surface area contributed by atoms with Crippen molar-refractivity contribution in [1.82, 2.24) is 5.32 Å². The van der Waals surface area contributed by atoms with E-state index >= 15 is 0 Å². The molecule has 5 rings (SSSR count). The normalized spacial score (nSPS) is 23.8. The standard InChI is InChI=1S/C19H16N2O3/c22-19-20-16-12-5-2-1-4-11(12)8-9-13(16)17(21-19)14-6-3-7-15-18(14)24-10-23-15/h1-7,13,17H,8-10H2,(H,21,22). The topological polar surface area (TPSA) is 59.9 Å². The van der Waals surface area contributed by atoms with Gasteiger partial charge in [0, 0.05) is 11.5 Å². The Morgan fingerprint density at radius 1 is 1.08 bits per heavy atom. The molecular formula is C19H16N2O3. The summed E-state index contributed by atoms with van der Waals surface area (Å²) in [4.78, 5) is 16.6. The average Bonchev–Trinajstić information content (AvgIpc) is 3.09. The van der Waals surface area contributed by atoms with Crippen LogP contribution < -0.4 is 14.8 Å². The van der Waals surface area contributed by atoms with Gasteiger partial charge in [0.15, 0.2) is 11.5 Å². The molecule has 5 heteroatoms. The van der Waals surface area contributed by atoms with Gasteiger partial charge in [-0.05, 0) is 30.0 Å². The zero-order valence-electron chi connectivity index (χ0n) is 13.0. The van der Waals surface area contributed by atoms with Crippen molar-refractivity contribution in [3.05, 3.63) is 59.2 Å². The molecule has 1 N–H and O–H groups in total. The number of urea groups is 1. The smallest absolute Gasteiger partial charge is 0.341 e. The van der Waals surface area contributed by atoms with Gasteiger partial charge >= 0.3 is 6.03 Å². The molecule has 2 unspecified atom stereocenters. The molecule has 5 nitrogen and oxygen atoms in total. The van der Waals surface area contributed by atoms with Crippen LogP contribution in [0.15, 0.2) is 47.5 Å². The Morgan fingerprint density at radius 3 is 2.96 bits per heavy atom. The number of carbonyl (C=O) groups is 1. The van der Waals surface area contributed by atoms with Crippen LogP contribution in [-0.2, 0) is 6.42 Å².